The molecular formula is C19H24N2O. The third kappa shape index (κ3) is 3.67. The molecule has 2 rings (SSSR count). The molecule has 22 heavy (non-hydrogen) atoms. The van der Waals surface area contributed by atoms with Crippen molar-refractivity contribution in [1.82, 2.24) is 5.32 Å². The molecule has 3 N–H and O–H groups in total. The van der Waals surface area contributed by atoms with Gasteiger partial charge in [0.2, 0.25) is 0 Å². The summed E-state index contributed by atoms with van der Waals surface area (Å²) in [6, 6.07) is 13.8. The van der Waals surface area contributed by atoms with Crippen molar-refractivity contribution in [3.05, 3.63) is 64.7 Å². The van der Waals surface area contributed by atoms with Crippen LogP contribution in [0.5, 0.6) is 0 Å². The number of anilines is 1. The number of nitrogens with one attached hydrogen (secondary N) is 1. The lowest BCUT2D eigenvalue weighted by atomic mass is 9.84. The Labute approximate surface area is 132 Å². The topological polar surface area (TPSA) is 55.1 Å². The molecule has 0 aliphatic carbocycles. The fourth-order valence-corrected chi connectivity index (χ4v) is 2.45. The molecule has 0 aliphatic heterocycles. The maximum absolute atomic E-state index is 12.4. The van der Waals surface area contributed by atoms with Crippen molar-refractivity contribution < 1.29 is 4.79 Å². The van der Waals surface area contributed by atoms with Crippen LogP contribution in [0.3, 0.4) is 0 Å². The van der Waals surface area contributed by atoms with Gasteiger partial charge >= 0.3 is 0 Å². The zero-order valence-electron chi connectivity index (χ0n) is 13.7. The van der Waals surface area contributed by atoms with Crippen LogP contribution in [0.15, 0.2) is 42.5 Å². The third-order valence-electron chi connectivity index (χ3n) is 4.00. The van der Waals surface area contributed by atoms with Gasteiger partial charge in [-0.05, 0) is 37.1 Å². The molecule has 0 spiro atoms. The number of aryl methyl sites for hydroxylation is 2. The number of hydrogen-bond acceptors (Lipinski definition) is 2. The van der Waals surface area contributed by atoms with Gasteiger partial charge in [-0.25, -0.2) is 0 Å². The minimum absolute atomic E-state index is 0.0782. The Morgan fingerprint density at radius 3 is 2.55 bits per heavy atom. The van der Waals surface area contributed by atoms with Gasteiger partial charge < -0.3 is 11.1 Å². The van der Waals surface area contributed by atoms with Gasteiger partial charge in [0.15, 0.2) is 0 Å². The second kappa shape index (κ2) is 6.22. The molecule has 0 atom stereocenters. The summed E-state index contributed by atoms with van der Waals surface area (Å²) in [6.45, 7) is 8.83. The Morgan fingerprint density at radius 1 is 1.14 bits per heavy atom. The summed E-state index contributed by atoms with van der Waals surface area (Å²) in [4.78, 5) is 12.4. The number of hydrogen-bond donors (Lipinski definition) is 2. The van der Waals surface area contributed by atoms with Crippen LogP contribution >= 0.6 is 0 Å². The van der Waals surface area contributed by atoms with E-state index in [-0.39, 0.29) is 11.3 Å². The van der Waals surface area contributed by atoms with Crippen molar-refractivity contribution in [3.63, 3.8) is 0 Å². The Hall–Kier alpha value is -2.29. The molecule has 0 unspecified atom stereocenters. The predicted octanol–water partition coefficient (Wildman–Crippen LogP) is 3.59. The van der Waals surface area contributed by atoms with Gasteiger partial charge in [-0.1, -0.05) is 49.7 Å². The van der Waals surface area contributed by atoms with Gasteiger partial charge in [-0.2, -0.15) is 0 Å². The molecule has 2 aromatic carbocycles. The molecule has 0 bridgehead atoms. The Morgan fingerprint density at radius 2 is 1.86 bits per heavy atom. The van der Waals surface area contributed by atoms with Crippen LogP contribution in [0.2, 0.25) is 0 Å². The van der Waals surface area contributed by atoms with E-state index in [9.17, 15) is 4.79 Å². The number of carbonyl (C=O) groups is 1. The van der Waals surface area contributed by atoms with E-state index >= 15 is 0 Å². The molecule has 116 valence electrons. The molecule has 0 aliphatic rings. The number of benzene rings is 2. The van der Waals surface area contributed by atoms with Crippen LogP contribution in [0.4, 0.5) is 5.69 Å². The second-order valence-corrected chi connectivity index (χ2v) is 6.51. The smallest absolute Gasteiger partial charge is 0.251 e. The second-order valence-electron chi connectivity index (χ2n) is 6.51. The van der Waals surface area contributed by atoms with E-state index in [1.54, 1.807) is 6.07 Å². The summed E-state index contributed by atoms with van der Waals surface area (Å²) in [5.41, 5.74) is 10.3. The zero-order chi connectivity index (χ0) is 16.3. The monoisotopic (exact) mass is 296 g/mol. The van der Waals surface area contributed by atoms with Crippen molar-refractivity contribution in [2.45, 2.75) is 33.1 Å². The number of amides is 1. The summed E-state index contributed by atoms with van der Waals surface area (Å²) in [5.74, 6) is -0.0782. The Balaban J connectivity index is 2.11. The molecule has 0 saturated heterocycles. The van der Waals surface area contributed by atoms with Crippen molar-refractivity contribution in [3.8, 4) is 0 Å². The van der Waals surface area contributed by atoms with Crippen LogP contribution in [0.25, 0.3) is 0 Å². The van der Waals surface area contributed by atoms with E-state index in [4.69, 9.17) is 5.73 Å². The number of carbonyl (C=O) groups excluding carboxylic acids is 1. The Kier molecular flexibility index (Phi) is 4.55. The molecular weight excluding hydrogens is 272 g/mol. The molecule has 0 fully saturated rings. The number of nitrogen functional groups attached to an aromatic ring is 1. The molecule has 0 heterocycles. The van der Waals surface area contributed by atoms with Crippen LogP contribution in [-0.4, -0.2) is 12.5 Å². The maximum atomic E-state index is 12.4. The van der Waals surface area contributed by atoms with Gasteiger partial charge in [0, 0.05) is 23.2 Å². The quantitative estimate of drug-likeness (QED) is 0.847. The van der Waals surface area contributed by atoms with Crippen molar-refractivity contribution in [2.75, 3.05) is 12.3 Å². The van der Waals surface area contributed by atoms with Crippen LogP contribution in [-0.2, 0) is 5.41 Å². The summed E-state index contributed by atoms with van der Waals surface area (Å²) in [7, 11) is 0. The van der Waals surface area contributed by atoms with E-state index in [0.717, 1.165) is 5.56 Å². The van der Waals surface area contributed by atoms with Crippen molar-refractivity contribution in [1.29, 1.82) is 0 Å². The predicted molar refractivity (Wildman–Crippen MR) is 92.1 cm³/mol. The molecule has 2 aromatic rings. The van der Waals surface area contributed by atoms with Crippen LogP contribution in [0, 0.1) is 13.8 Å². The molecule has 0 radical (unpaired) electrons. The van der Waals surface area contributed by atoms with Gasteiger partial charge in [-0.15, -0.1) is 0 Å². The van der Waals surface area contributed by atoms with E-state index in [1.165, 1.54) is 11.1 Å². The molecule has 3 heteroatoms. The fraction of sp³-hybridized carbons (Fsp3) is 0.316. The minimum atomic E-state index is -0.129. The molecule has 0 saturated carbocycles. The molecule has 1 amide bonds. The van der Waals surface area contributed by atoms with E-state index in [1.807, 2.05) is 19.1 Å². The molecule has 3 nitrogen and oxygen atoms in total. The average molecular weight is 296 g/mol. The van der Waals surface area contributed by atoms with Crippen molar-refractivity contribution in [2.24, 2.45) is 0 Å². The van der Waals surface area contributed by atoms with Crippen LogP contribution < -0.4 is 11.1 Å². The highest BCUT2D eigenvalue weighted by Crippen LogP contribution is 2.23. The van der Waals surface area contributed by atoms with Crippen LogP contribution in [0.1, 0.15) is 40.9 Å². The highest BCUT2D eigenvalue weighted by Gasteiger charge is 2.22. The highest BCUT2D eigenvalue weighted by atomic mass is 16.1. The normalized spacial score (nSPS) is 11.3. The van der Waals surface area contributed by atoms with E-state index < -0.39 is 0 Å². The lowest BCUT2D eigenvalue weighted by Crippen LogP contribution is -2.37. The first-order chi connectivity index (χ1) is 10.3. The minimum Gasteiger partial charge on any atom is -0.399 e. The summed E-state index contributed by atoms with van der Waals surface area (Å²) < 4.78 is 0. The van der Waals surface area contributed by atoms with Gasteiger partial charge in [0.1, 0.15) is 0 Å². The third-order valence-corrected chi connectivity index (χ3v) is 4.00. The number of rotatable bonds is 4. The lowest BCUT2D eigenvalue weighted by molar-refractivity contribution is 0.0945. The van der Waals surface area contributed by atoms with E-state index in [2.05, 4.69) is 50.4 Å². The van der Waals surface area contributed by atoms with Gasteiger partial charge in [0.05, 0.1) is 0 Å². The standard InChI is InChI=1S/C19H24N2O/c1-13-6-5-7-15(10-13)19(3,4)12-21-18(22)17-11-16(20)9-8-14(17)2/h5-11H,12,20H2,1-4H3,(H,21,22). The first kappa shape index (κ1) is 16.1. The first-order valence-corrected chi connectivity index (χ1v) is 7.51. The summed E-state index contributed by atoms with van der Waals surface area (Å²) >= 11 is 0. The largest absolute Gasteiger partial charge is 0.399 e. The SMILES string of the molecule is Cc1cccc(C(C)(C)CNC(=O)c2cc(N)ccc2C)c1. The summed E-state index contributed by atoms with van der Waals surface area (Å²) in [5, 5.41) is 3.03. The average Bonchev–Trinajstić information content (AvgIpc) is 2.47. The fourth-order valence-electron chi connectivity index (χ4n) is 2.45. The number of nitrogens with two attached hydrogens (primary N) is 1. The van der Waals surface area contributed by atoms with Crippen molar-refractivity contribution >= 4 is 11.6 Å². The highest BCUT2D eigenvalue weighted by molar-refractivity contribution is 5.96. The molecule has 0 aromatic heterocycles. The maximum Gasteiger partial charge on any atom is 0.251 e. The van der Waals surface area contributed by atoms with Gasteiger partial charge in [0.25, 0.3) is 5.91 Å². The zero-order valence-corrected chi connectivity index (χ0v) is 13.7. The lowest BCUT2D eigenvalue weighted by Gasteiger charge is -2.26. The first-order valence-electron chi connectivity index (χ1n) is 7.51. The van der Waals surface area contributed by atoms with E-state index in [0.29, 0.717) is 17.8 Å². The summed E-state index contributed by atoms with van der Waals surface area (Å²) in [6.07, 6.45) is 0. The van der Waals surface area contributed by atoms with Gasteiger partial charge in [-0.3, -0.25) is 4.79 Å². The Bertz CT molecular complexity index is 690.